The molecule has 0 N–H and O–H groups in total. The van der Waals surface area contributed by atoms with E-state index in [1.54, 1.807) is 11.0 Å². The molecule has 0 aromatic rings. The first-order valence-corrected chi connectivity index (χ1v) is 6.54. The first-order valence-electron chi connectivity index (χ1n) is 4.75. The summed E-state index contributed by atoms with van der Waals surface area (Å²) in [6, 6.07) is 0. The lowest BCUT2D eigenvalue weighted by molar-refractivity contribution is -0.128. The van der Waals surface area contributed by atoms with E-state index in [4.69, 9.17) is 0 Å². The summed E-state index contributed by atoms with van der Waals surface area (Å²) in [5.74, 6) is 3.14. The van der Waals surface area contributed by atoms with Gasteiger partial charge in [0.2, 0.25) is 5.91 Å². The average Bonchev–Trinajstić information content (AvgIpc) is 2.17. The zero-order chi connectivity index (χ0) is 10.8. The van der Waals surface area contributed by atoms with E-state index in [0.717, 1.165) is 23.7 Å². The summed E-state index contributed by atoms with van der Waals surface area (Å²) in [4.78, 5) is 13.1. The van der Waals surface area contributed by atoms with Crippen molar-refractivity contribution in [1.82, 2.24) is 4.90 Å². The van der Waals surface area contributed by atoms with Crippen LogP contribution < -0.4 is 0 Å². The number of amides is 1. The molecule has 0 saturated heterocycles. The Labute approximate surface area is 96.5 Å². The third-order valence-electron chi connectivity index (χ3n) is 1.74. The molecule has 0 unspecified atom stereocenters. The van der Waals surface area contributed by atoms with Crippen molar-refractivity contribution in [2.24, 2.45) is 0 Å². The van der Waals surface area contributed by atoms with Gasteiger partial charge in [0.05, 0.1) is 0 Å². The summed E-state index contributed by atoms with van der Waals surface area (Å²) < 4.78 is 0. The minimum atomic E-state index is 0.197. The Bertz CT molecular complexity index is 174. The molecule has 0 rings (SSSR count). The van der Waals surface area contributed by atoms with Crippen LogP contribution in [0.1, 0.15) is 12.8 Å². The number of rotatable bonds is 8. The van der Waals surface area contributed by atoms with Crippen LogP contribution in [0.2, 0.25) is 0 Å². The number of carbonyl (C=O) groups excluding carboxylic acids is 1. The number of thiol groups is 1. The maximum Gasteiger partial charge on any atom is 0.223 e. The maximum absolute atomic E-state index is 11.4. The fraction of sp³-hybridized carbons (Fsp3) is 0.700. The van der Waals surface area contributed by atoms with Crippen molar-refractivity contribution >= 4 is 30.3 Å². The van der Waals surface area contributed by atoms with Crippen LogP contribution in [0.3, 0.4) is 0 Å². The van der Waals surface area contributed by atoms with Gasteiger partial charge in [-0.25, -0.2) is 0 Å². The van der Waals surface area contributed by atoms with Crippen LogP contribution in [-0.2, 0) is 4.79 Å². The first kappa shape index (κ1) is 13.9. The van der Waals surface area contributed by atoms with Gasteiger partial charge in [-0.2, -0.15) is 24.4 Å². The fourth-order valence-electron chi connectivity index (χ4n) is 0.914. The van der Waals surface area contributed by atoms with Gasteiger partial charge >= 0.3 is 0 Å². The van der Waals surface area contributed by atoms with Crippen molar-refractivity contribution in [2.75, 3.05) is 30.9 Å². The van der Waals surface area contributed by atoms with E-state index < -0.39 is 0 Å². The predicted molar refractivity (Wildman–Crippen MR) is 68.2 cm³/mol. The lowest BCUT2D eigenvalue weighted by Gasteiger charge is -2.14. The number of thioether (sulfide) groups is 1. The van der Waals surface area contributed by atoms with Gasteiger partial charge in [0.15, 0.2) is 0 Å². The van der Waals surface area contributed by atoms with Crippen LogP contribution in [0.25, 0.3) is 0 Å². The van der Waals surface area contributed by atoms with E-state index >= 15 is 0 Å². The fourth-order valence-corrected chi connectivity index (χ4v) is 2.16. The average molecular weight is 233 g/mol. The van der Waals surface area contributed by atoms with Gasteiger partial charge in [-0.3, -0.25) is 4.79 Å². The molecule has 0 spiro atoms. The second-order valence-electron chi connectivity index (χ2n) is 3.00. The van der Waals surface area contributed by atoms with Gasteiger partial charge in [-0.15, -0.1) is 6.58 Å². The topological polar surface area (TPSA) is 20.3 Å². The zero-order valence-electron chi connectivity index (χ0n) is 8.74. The minimum Gasteiger partial charge on any atom is -0.342 e. The number of nitrogens with zero attached hydrogens (tertiary/aromatic N) is 1. The van der Waals surface area contributed by atoms with E-state index in [1.807, 2.05) is 18.8 Å². The molecule has 0 bridgehead atoms. The SMILES string of the molecule is C=CCN(C)C(=O)CCSCCCS. The van der Waals surface area contributed by atoms with E-state index in [-0.39, 0.29) is 5.91 Å². The molecule has 0 aliphatic heterocycles. The van der Waals surface area contributed by atoms with E-state index in [9.17, 15) is 4.79 Å². The summed E-state index contributed by atoms with van der Waals surface area (Å²) >= 11 is 5.94. The molecule has 0 aliphatic carbocycles. The van der Waals surface area contributed by atoms with Crippen molar-refractivity contribution in [2.45, 2.75) is 12.8 Å². The van der Waals surface area contributed by atoms with Crippen molar-refractivity contribution in [1.29, 1.82) is 0 Å². The van der Waals surface area contributed by atoms with Gasteiger partial charge in [-0.05, 0) is 17.9 Å². The molecule has 2 nitrogen and oxygen atoms in total. The van der Waals surface area contributed by atoms with E-state index in [0.29, 0.717) is 13.0 Å². The minimum absolute atomic E-state index is 0.197. The normalized spacial score (nSPS) is 9.86. The molecule has 1 amide bonds. The van der Waals surface area contributed by atoms with Crippen LogP contribution in [0.5, 0.6) is 0 Å². The molecule has 0 fully saturated rings. The van der Waals surface area contributed by atoms with E-state index in [2.05, 4.69) is 19.2 Å². The third kappa shape index (κ3) is 7.33. The van der Waals surface area contributed by atoms with Gasteiger partial charge < -0.3 is 4.90 Å². The number of likely N-dealkylation sites (N-methyl/N-ethyl adjacent to an activating group) is 1. The number of hydrogen-bond donors (Lipinski definition) is 1. The van der Waals surface area contributed by atoms with Crippen LogP contribution in [0, 0.1) is 0 Å². The standard InChI is InChI=1S/C10H19NOS2/c1-3-6-11(2)10(12)5-9-14-8-4-7-13/h3,13H,1,4-9H2,2H3. The third-order valence-corrected chi connectivity index (χ3v) is 3.12. The van der Waals surface area contributed by atoms with Gasteiger partial charge in [0, 0.05) is 25.8 Å². The monoisotopic (exact) mass is 233 g/mol. The van der Waals surface area contributed by atoms with Crippen LogP contribution in [0.4, 0.5) is 0 Å². The maximum atomic E-state index is 11.4. The summed E-state index contributed by atoms with van der Waals surface area (Å²) in [6.45, 7) is 4.24. The molecule has 82 valence electrons. The second kappa shape index (κ2) is 9.46. The van der Waals surface area contributed by atoms with Crippen LogP contribution in [-0.4, -0.2) is 41.7 Å². The van der Waals surface area contributed by atoms with Gasteiger partial charge in [-0.1, -0.05) is 6.08 Å². The Kier molecular flexibility index (Phi) is 9.40. The first-order chi connectivity index (χ1) is 6.72. The molecule has 0 atom stereocenters. The molecule has 0 saturated carbocycles. The number of hydrogen-bond acceptors (Lipinski definition) is 3. The van der Waals surface area contributed by atoms with Crippen LogP contribution in [0.15, 0.2) is 12.7 Å². The molecule has 4 heteroatoms. The Morgan fingerprint density at radius 2 is 2.29 bits per heavy atom. The summed E-state index contributed by atoms with van der Waals surface area (Å²) in [6.07, 6.45) is 3.48. The molecular formula is C10H19NOS2. The highest BCUT2D eigenvalue weighted by Crippen LogP contribution is 2.06. The highest BCUT2D eigenvalue weighted by Gasteiger charge is 2.05. The quantitative estimate of drug-likeness (QED) is 0.393. The van der Waals surface area contributed by atoms with Crippen molar-refractivity contribution in [3.8, 4) is 0 Å². The smallest absolute Gasteiger partial charge is 0.223 e. The highest BCUT2D eigenvalue weighted by molar-refractivity contribution is 7.99. The lowest BCUT2D eigenvalue weighted by Crippen LogP contribution is -2.26. The Morgan fingerprint density at radius 1 is 1.57 bits per heavy atom. The van der Waals surface area contributed by atoms with Crippen molar-refractivity contribution < 1.29 is 4.79 Å². The van der Waals surface area contributed by atoms with Gasteiger partial charge in [0.1, 0.15) is 0 Å². The molecular weight excluding hydrogens is 214 g/mol. The largest absolute Gasteiger partial charge is 0.342 e. The molecule has 0 aliphatic rings. The second-order valence-corrected chi connectivity index (χ2v) is 4.67. The molecule has 14 heavy (non-hydrogen) atoms. The number of carbonyl (C=O) groups is 1. The molecule has 0 radical (unpaired) electrons. The molecule has 0 heterocycles. The summed E-state index contributed by atoms with van der Waals surface area (Å²) in [5, 5.41) is 0. The Hall–Kier alpha value is -0.0900. The van der Waals surface area contributed by atoms with Crippen molar-refractivity contribution in [3.05, 3.63) is 12.7 Å². The Morgan fingerprint density at radius 3 is 2.86 bits per heavy atom. The Balaban J connectivity index is 3.38. The zero-order valence-corrected chi connectivity index (χ0v) is 10.4. The lowest BCUT2D eigenvalue weighted by atomic mass is 10.4. The van der Waals surface area contributed by atoms with Crippen LogP contribution >= 0.6 is 24.4 Å². The highest BCUT2D eigenvalue weighted by atomic mass is 32.2. The molecule has 0 aromatic heterocycles. The van der Waals surface area contributed by atoms with Gasteiger partial charge in [0.25, 0.3) is 0 Å². The van der Waals surface area contributed by atoms with E-state index in [1.165, 1.54) is 0 Å². The molecule has 0 aromatic carbocycles. The summed E-state index contributed by atoms with van der Waals surface area (Å²) in [5.41, 5.74) is 0. The summed E-state index contributed by atoms with van der Waals surface area (Å²) in [7, 11) is 1.81. The predicted octanol–water partition coefficient (Wildman–Crippen LogP) is 2.07. The van der Waals surface area contributed by atoms with Crippen molar-refractivity contribution in [3.63, 3.8) is 0 Å².